The average Bonchev–Trinajstić information content (AvgIpc) is 2.39. The van der Waals surface area contributed by atoms with Gasteiger partial charge in [-0.15, -0.1) is 0 Å². The molecule has 1 aromatic rings. The maximum atomic E-state index is 12.2. The predicted octanol–water partition coefficient (Wildman–Crippen LogP) is 2.57. The first-order chi connectivity index (χ1) is 9.42. The largest absolute Gasteiger partial charge is 0.368 e. The fraction of sp³-hybridized carbons (Fsp3) is 0.500. The molecule has 6 heteroatoms. The van der Waals surface area contributed by atoms with E-state index in [2.05, 4.69) is 5.32 Å². The topological polar surface area (TPSA) is 75.5 Å². The van der Waals surface area contributed by atoms with Crippen molar-refractivity contribution in [2.45, 2.75) is 33.7 Å². The fourth-order valence-electron chi connectivity index (χ4n) is 2.12. The van der Waals surface area contributed by atoms with Crippen LogP contribution in [0.25, 0.3) is 0 Å². The first-order valence-corrected chi connectivity index (χ1v) is 6.71. The molecule has 110 valence electrons. The third-order valence-electron chi connectivity index (χ3n) is 3.24. The SMILES string of the molecule is CCN(CC)C(=O)C(C)Nc1cccc(C)c1[N+](=O)[O-]. The van der Waals surface area contributed by atoms with Crippen LogP contribution in [0.4, 0.5) is 11.4 Å². The lowest BCUT2D eigenvalue weighted by atomic mass is 10.1. The zero-order chi connectivity index (χ0) is 15.3. The Morgan fingerprint density at radius 2 is 2.00 bits per heavy atom. The van der Waals surface area contributed by atoms with E-state index in [9.17, 15) is 14.9 Å². The summed E-state index contributed by atoms with van der Waals surface area (Å²) in [6.07, 6.45) is 0. The molecule has 1 rings (SSSR count). The number of anilines is 1. The van der Waals surface area contributed by atoms with E-state index in [1.165, 1.54) is 0 Å². The maximum Gasteiger partial charge on any atom is 0.295 e. The Kier molecular flexibility index (Phi) is 5.49. The van der Waals surface area contributed by atoms with E-state index >= 15 is 0 Å². The van der Waals surface area contributed by atoms with Crippen LogP contribution in [0.2, 0.25) is 0 Å². The molecule has 0 spiro atoms. The summed E-state index contributed by atoms with van der Waals surface area (Å²) in [5.74, 6) is -0.0641. The molecule has 0 aliphatic heterocycles. The number of aryl methyl sites for hydroxylation is 1. The van der Waals surface area contributed by atoms with Crippen LogP contribution in [0.1, 0.15) is 26.3 Å². The lowest BCUT2D eigenvalue weighted by Gasteiger charge is -2.24. The third-order valence-corrected chi connectivity index (χ3v) is 3.24. The number of rotatable bonds is 6. The summed E-state index contributed by atoms with van der Waals surface area (Å²) in [7, 11) is 0. The van der Waals surface area contributed by atoms with Crippen molar-refractivity contribution in [3.05, 3.63) is 33.9 Å². The number of carbonyl (C=O) groups excluding carboxylic acids is 1. The molecule has 0 heterocycles. The Hall–Kier alpha value is -2.11. The number of nitrogens with one attached hydrogen (secondary N) is 1. The summed E-state index contributed by atoms with van der Waals surface area (Å²) in [5.41, 5.74) is 0.970. The molecule has 1 atom stereocenters. The van der Waals surface area contributed by atoms with Crippen molar-refractivity contribution in [3.8, 4) is 0 Å². The number of carbonyl (C=O) groups is 1. The van der Waals surface area contributed by atoms with Crippen LogP contribution in [0.3, 0.4) is 0 Å². The van der Waals surface area contributed by atoms with Gasteiger partial charge in [0.15, 0.2) is 0 Å². The molecule has 1 unspecified atom stereocenters. The second kappa shape index (κ2) is 6.88. The standard InChI is InChI=1S/C14H21N3O3/c1-5-16(6-2)14(18)11(4)15-12-9-7-8-10(3)13(12)17(19)20/h7-9,11,15H,5-6H2,1-4H3. The molecular formula is C14H21N3O3. The minimum Gasteiger partial charge on any atom is -0.368 e. The first kappa shape index (κ1) is 15.9. The minimum atomic E-state index is -0.504. The van der Waals surface area contributed by atoms with Crippen molar-refractivity contribution in [2.24, 2.45) is 0 Å². The van der Waals surface area contributed by atoms with E-state index in [4.69, 9.17) is 0 Å². The summed E-state index contributed by atoms with van der Waals surface area (Å²) in [6.45, 7) is 8.45. The summed E-state index contributed by atoms with van der Waals surface area (Å²) >= 11 is 0. The summed E-state index contributed by atoms with van der Waals surface area (Å²) in [4.78, 5) is 24.5. The van der Waals surface area contributed by atoms with Crippen LogP contribution < -0.4 is 5.32 Å². The first-order valence-electron chi connectivity index (χ1n) is 6.71. The molecule has 20 heavy (non-hydrogen) atoms. The zero-order valence-electron chi connectivity index (χ0n) is 12.3. The predicted molar refractivity (Wildman–Crippen MR) is 78.8 cm³/mol. The Morgan fingerprint density at radius 1 is 1.40 bits per heavy atom. The molecule has 6 nitrogen and oxygen atoms in total. The van der Waals surface area contributed by atoms with Crippen molar-refractivity contribution in [3.63, 3.8) is 0 Å². The van der Waals surface area contributed by atoms with E-state index in [0.717, 1.165) is 0 Å². The van der Waals surface area contributed by atoms with Crippen molar-refractivity contribution in [1.82, 2.24) is 4.90 Å². The molecule has 0 aromatic heterocycles. The van der Waals surface area contributed by atoms with Gasteiger partial charge in [0.2, 0.25) is 5.91 Å². The Bertz CT molecular complexity index is 498. The normalized spacial score (nSPS) is 11.8. The highest BCUT2D eigenvalue weighted by Gasteiger charge is 2.22. The van der Waals surface area contributed by atoms with Crippen molar-refractivity contribution in [2.75, 3.05) is 18.4 Å². The molecule has 0 aliphatic carbocycles. The van der Waals surface area contributed by atoms with Crippen LogP contribution in [0.15, 0.2) is 18.2 Å². The average molecular weight is 279 g/mol. The van der Waals surface area contributed by atoms with Gasteiger partial charge in [0.25, 0.3) is 5.69 Å². The third kappa shape index (κ3) is 3.46. The highest BCUT2D eigenvalue weighted by atomic mass is 16.6. The Balaban J connectivity index is 2.96. The molecule has 0 fully saturated rings. The van der Waals surface area contributed by atoms with E-state index in [1.807, 2.05) is 13.8 Å². The maximum absolute atomic E-state index is 12.2. The highest BCUT2D eigenvalue weighted by Crippen LogP contribution is 2.28. The van der Waals surface area contributed by atoms with E-state index in [0.29, 0.717) is 24.3 Å². The molecular weight excluding hydrogens is 258 g/mol. The van der Waals surface area contributed by atoms with Gasteiger partial charge in [-0.05, 0) is 33.8 Å². The fourth-order valence-corrected chi connectivity index (χ4v) is 2.12. The van der Waals surface area contributed by atoms with Crippen LogP contribution in [-0.4, -0.2) is 34.9 Å². The summed E-state index contributed by atoms with van der Waals surface area (Å²) < 4.78 is 0. The highest BCUT2D eigenvalue weighted by molar-refractivity contribution is 5.85. The Labute approximate surface area is 118 Å². The number of hydrogen-bond acceptors (Lipinski definition) is 4. The molecule has 1 amide bonds. The van der Waals surface area contributed by atoms with Gasteiger partial charge in [-0.3, -0.25) is 14.9 Å². The molecule has 0 saturated carbocycles. The van der Waals surface area contributed by atoms with Crippen LogP contribution in [0.5, 0.6) is 0 Å². The lowest BCUT2D eigenvalue weighted by molar-refractivity contribution is -0.384. The van der Waals surface area contributed by atoms with Gasteiger partial charge in [-0.2, -0.15) is 0 Å². The number of hydrogen-bond donors (Lipinski definition) is 1. The molecule has 0 radical (unpaired) electrons. The number of nitrogens with zero attached hydrogens (tertiary/aromatic N) is 2. The van der Waals surface area contributed by atoms with Gasteiger partial charge >= 0.3 is 0 Å². The van der Waals surface area contributed by atoms with Gasteiger partial charge in [-0.1, -0.05) is 12.1 Å². The van der Waals surface area contributed by atoms with Crippen LogP contribution in [-0.2, 0) is 4.79 Å². The zero-order valence-corrected chi connectivity index (χ0v) is 12.3. The number of nitro groups is 1. The quantitative estimate of drug-likeness (QED) is 0.641. The molecule has 1 aromatic carbocycles. The van der Waals surface area contributed by atoms with Crippen LogP contribution in [0, 0.1) is 17.0 Å². The number of benzene rings is 1. The second-order valence-electron chi connectivity index (χ2n) is 4.60. The van der Waals surface area contributed by atoms with Gasteiger partial charge in [0.1, 0.15) is 11.7 Å². The number of nitro benzene ring substituents is 1. The lowest BCUT2D eigenvalue weighted by Crippen LogP contribution is -2.41. The van der Waals surface area contributed by atoms with E-state index in [1.54, 1.807) is 36.9 Å². The number of para-hydroxylation sites is 1. The van der Waals surface area contributed by atoms with Crippen molar-refractivity contribution in [1.29, 1.82) is 0 Å². The van der Waals surface area contributed by atoms with E-state index < -0.39 is 11.0 Å². The summed E-state index contributed by atoms with van der Waals surface area (Å²) in [6, 6.07) is 4.53. The molecule has 1 N–H and O–H groups in total. The van der Waals surface area contributed by atoms with Gasteiger partial charge in [0, 0.05) is 18.7 Å². The minimum absolute atomic E-state index is 0.0201. The molecule has 0 aliphatic rings. The molecule has 0 bridgehead atoms. The monoisotopic (exact) mass is 279 g/mol. The van der Waals surface area contributed by atoms with Gasteiger partial charge in [-0.25, -0.2) is 0 Å². The molecule has 0 saturated heterocycles. The van der Waals surface area contributed by atoms with E-state index in [-0.39, 0.29) is 11.6 Å². The number of likely N-dealkylation sites (N-methyl/N-ethyl adjacent to an activating group) is 1. The van der Waals surface area contributed by atoms with Gasteiger partial charge < -0.3 is 10.2 Å². The smallest absolute Gasteiger partial charge is 0.295 e. The van der Waals surface area contributed by atoms with Crippen molar-refractivity contribution >= 4 is 17.3 Å². The van der Waals surface area contributed by atoms with Crippen molar-refractivity contribution < 1.29 is 9.72 Å². The van der Waals surface area contributed by atoms with Crippen LogP contribution >= 0.6 is 0 Å². The number of amides is 1. The van der Waals surface area contributed by atoms with Gasteiger partial charge in [0.05, 0.1) is 4.92 Å². The Morgan fingerprint density at radius 3 is 2.50 bits per heavy atom. The summed E-state index contributed by atoms with van der Waals surface area (Å²) in [5, 5.41) is 14.1. The second-order valence-corrected chi connectivity index (χ2v) is 4.60.